The molecule has 1 heterocycles. The maximum Gasteiger partial charge on any atom is 0.0601 e. The standard InChI is InChI=1S/C48H31NS/c1-3-15-32(16-4-1)40-31-41(33-17-5-2-6-18-33)47-38-21-9-7-19-36(38)37-20-8-10-22-39(37)48(47)46(40)34-27-29-35(30-28-34)49-42-23-11-13-25-44(42)50-45-26-14-12-24-43(45)49/h1-31H. The molecule has 1 aliphatic heterocycles. The van der Waals surface area contributed by atoms with Crippen LogP contribution in [-0.2, 0) is 0 Å². The van der Waals surface area contributed by atoms with Crippen molar-refractivity contribution in [1.29, 1.82) is 0 Å². The third-order valence-corrected chi connectivity index (χ3v) is 11.2. The third kappa shape index (κ3) is 4.57. The lowest BCUT2D eigenvalue weighted by Crippen LogP contribution is -2.14. The Morgan fingerprint density at radius 3 is 1.38 bits per heavy atom. The van der Waals surface area contributed by atoms with Crippen LogP contribution in [0.2, 0.25) is 0 Å². The first-order chi connectivity index (χ1) is 24.8. The Morgan fingerprint density at radius 2 is 0.800 bits per heavy atom. The topological polar surface area (TPSA) is 3.24 Å². The van der Waals surface area contributed by atoms with Crippen LogP contribution in [0, 0.1) is 0 Å². The van der Waals surface area contributed by atoms with Gasteiger partial charge in [-0.2, -0.15) is 0 Å². The van der Waals surface area contributed by atoms with Crippen LogP contribution < -0.4 is 4.90 Å². The van der Waals surface area contributed by atoms with Gasteiger partial charge < -0.3 is 4.90 Å². The summed E-state index contributed by atoms with van der Waals surface area (Å²) in [7, 11) is 0. The highest BCUT2D eigenvalue weighted by Crippen LogP contribution is 2.52. The third-order valence-electron chi connectivity index (χ3n) is 10.0. The first kappa shape index (κ1) is 28.9. The zero-order chi connectivity index (χ0) is 33.0. The first-order valence-corrected chi connectivity index (χ1v) is 17.9. The Balaban J connectivity index is 1.30. The molecule has 0 saturated carbocycles. The molecule has 0 amide bonds. The summed E-state index contributed by atoms with van der Waals surface area (Å²) in [5.74, 6) is 0. The molecule has 0 unspecified atom stereocenters. The van der Waals surface area contributed by atoms with Crippen LogP contribution >= 0.6 is 11.8 Å². The molecular weight excluding hydrogens is 623 g/mol. The molecule has 234 valence electrons. The molecule has 2 heteroatoms. The van der Waals surface area contributed by atoms with Gasteiger partial charge in [0.1, 0.15) is 0 Å². The van der Waals surface area contributed by atoms with Gasteiger partial charge in [-0.1, -0.05) is 157 Å². The highest BCUT2D eigenvalue weighted by atomic mass is 32.2. The van der Waals surface area contributed by atoms with E-state index in [2.05, 4.69) is 193 Å². The predicted octanol–water partition coefficient (Wildman–Crippen LogP) is 14.1. The number of hydrogen-bond donors (Lipinski definition) is 0. The van der Waals surface area contributed by atoms with Crippen LogP contribution in [0.15, 0.2) is 198 Å². The van der Waals surface area contributed by atoms with Crippen molar-refractivity contribution >= 4 is 61.1 Å². The Hall–Kier alpha value is -6.09. The lowest BCUT2D eigenvalue weighted by molar-refractivity contribution is 1.17. The van der Waals surface area contributed by atoms with Crippen LogP contribution in [0.3, 0.4) is 0 Å². The van der Waals surface area contributed by atoms with Crippen molar-refractivity contribution in [2.24, 2.45) is 0 Å². The Bertz CT molecular complexity index is 2670. The maximum absolute atomic E-state index is 2.44. The van der Waals surface area contributed by atoms with E-state index >= 15 is 0 Å². The molecule has 9 aromatic carbocycles. The quantitative estimate of drug-likeness (QED) is 0.174. The largest absolute Gasteiger partial charge is 0.308 e. The molecule has 0 fully saturated rings. The summed E-state index contributed by atoms with van der Waals surface area (Å²) >= 11 is 1.84. The average Bonchev–Trinajstić information content (AvgIpc) is 3.20. The lowest BCUT2D eigenvalue weighted by atomic mass is 9.81. The Kier molecular flexibility index (Phi) is 6.82. The minimum atomic E-state index is 1.15. The van der Waals surface area contributed by atoms with Crippen LogP contribution in [0.4, 0.5) is 17.1 Å². The van der Waals surface area contributed by atoms with E-state index in [0.717, 1.165) is 5.69 Å². The lowest BCUT2D eigenvalue weighted by Gasteiger charge is -2.33. The minimum Gasteiger partial charge on any atom is -0.308 e. The van der Waals surface area contributed by atoms with Crippen molar-refractivity contribution in [3.8, 4) is 33.4 Å². The average molecular weight is 654 g/mol. The highest BCUT2D eigenvalue weighted by molar-refractivity contribution is 7.99. The van der Waals surface area contributed by atoms with E-state index in [-0.39, 0.29) is 0 Å². The fourth-order valence-electron chi connectivity index (χ4n) is 7.85. The van der Waals surface area contributed by atoms with Crippen LogP contribution in [0.5, 0.6) is 0 Å². The van der Waals surface area contributed by atoms with Crippen molar-refractivity contribution in [1.82, 2.24) is 0 Å². The van der Waals surface area contributed by atoms with E-state index in [0.29, 0.717) is 0 Å². The van der Waals surface area contributed by atoms with E-state index < -0.39 is 0 Å². The summed E-state index contributed by atoms with van der Waals surface area (Å²) < 4.78 is 0. The SMILES string of the molecule is c1ccc(-c2cc(-c3ccccc3)c3c4ccccc4c4ccccc4c3c2-c2ccc(N3c4ccccc4Sc4ccccc43)cc2)cc1. The Labute approximate surface area is 296 Å². The van der Waals surface area contributed by atoms with Gasteiger partial charge in [-0.25, -0.2) is 0 Å². The Morgan fingerprint density at radius 1 is 0.340 bits per heavy atom. The van der Waals surface area contributed by atoms with Gasteiger partial charge >= 0.3 is 0 Å². The number of rotatable bonds is 4. The van der Waals surface area contributed by atoms with E-state index in [1.54, 1.807) is 0 Å². The van der Waals surface area contributed by atoms with Crippen LogP contribution in [0.25, 0.3) is 65.7 Å². The number of hydrogen-bond acceptors (Lipinski definition) is 2. The molecule has 0 N–H and O–H groups in total. The smallest absolute Gasteiger partial charge is 0.0601 e. The molecule has 1 aliphatic rings. The van der Waals surface area contributed by atoms with Gasteiger partial charge in [-0.05, 0) is 108 Å². The molecule has 0 aliphatic carbocycles. The van der Waals surface area contributed by atoms with Crippen molar-refractivity contribution in [2.75, 3.05) is 4.90 Å². The first-order valence-electron chi connectivity index (χ1n) is 17.1. The molecule has 10 rings (SSSR count). The highest BCUT2D eigenvalue weighted by Gasteiger charge is 2.25. The number of anilines is 3. The van der Waals surface area contributed by atoms with Crippen LogP contribution in [-0.4, -0.2) is 0 Å². The van der Waals surface area contributed by atoms with Gasteiger partial charge in [0.15, 0.2) is 0 Å². The monoisotopic (exact) mass is 653 g/mol. The van der Waals surface area contributed by atoms with Crippen molar-refractivity contribution in [3.63, 3.8) is 0 Å². The molecule has 9 aromatic rings. The van der Waals surface area contributed by atoms with E-state index in [4.69, 9.17) is 0 Å². The van der Waals surface area contributed by atoms with E-state index in [1.807, 2.05) is 11.8 Å². The second-order valence-electron chi connectivity index (χ2n) is 12.8. The normalized spacial score (nSPS) is 12.3. The van der Waals surface area contributed by atoms with Gasteiger partial charge in [0.05, 0.1) is 11.4 Å². The molecule has 1 nitrogen and oxygen atoms in total. The van der Waals surface area contributed by atoms with E-state index in [1.165, 1.54) is 86.9 Å². The molecule has 0 atom stereocenters. The molecule has 0 bridgehead atoms. The number of nitrogens with zero attached hydrogens (tertiary/aromatic N) is 1. The molecule has 0 radical (unpaired) electrons. The molecular formula is C48H31NS. The maximum atomic E-state index is 2.44. The summed E-state index contributed by atoms with van der Waals surface area (Å²) in [5.41, 5.74) is 10.9. The summed E-state index contributed by atoms with van der Waals surface area (Å²) in [5, 5.41) is 7.68. The number of fused-ring (bicyclic) bond motifs is 8. The van der Waals surface area contributed by atoms with Crippen molar-refractivity contribution < 1.29 is 0 Å². The summed E-state index contributed by atoms with van der Waals surface area (Å²) in [6, 6.07) is 68.8. The predicted molar refractivity (Wildman–Crippen MR) is 214 cm³/mol. The molecule has 0 aromatic heterocycles. The van der Waals surface area contributed by atoms with Gasteiger partial charge in [0.2, 0.25) is 0 Å². The van der Waals surface area contributed by atoms with Gasteiger partial charge in [-0.15, -0.1) is 0 Å². The zero-order valence-corrected chi connectivity index (χ0v) is 28.1. The molecule has 0 saturated heterocycles. The minimum absolute atomic E-state index is 1.15. The van der Waals surface area contributed by atoms with Crippen LogP contribution in [0.1, 0.15) is 0 Å². The van der Waals surface area contributed by atoms with Gasteiger partial charge in [0, 0.05) is 15.5 Å². The number of benzene rings is 9. The summed E-state index contributed by atoms with van der Waals surface area (Å²) in [4.78, 5) is 4.94. The second-order valence-corrected chi connectivity index (χ2v) is 13.9. The summed E-state index contributed by atoms with van der Waals surface area (Å²) in [6.45, 7) is 0. The van der Waals surface area contributed by atoms with Gasteiger partial charge in [0.25, 0.3) is 0 Å². The van der Waals surface area contributed by atoms with Gasteiger partial charge in [-0.3, -0.25) is 0 Å². The van der Waals surface area contributed by atoms with Crippen molar-refractivity contribution in [3.05, 3.63) is 188 Å². The zero-order valence-electron chi connectivity index (χ0n) is 27.3. The van der Waals surface area contributed by atoms with Crippen molar-refractivity contribution in [2.45, 2.75) is 9.79 Å². The molecule has 50 heavy (non-hydrogen) atoms. The fraction of sp³-hybridized carbons (Fsp3) is 0. The second kappa shape index (κ2) is 11.8. The summed E-state index contributed by atoms with van der Waals surface area (Å²) in [6.07, 6.45) is 0. The molecule has 0 spiro atoms. The fourth-order valence-corrected chi connectivity index (χ4v) is 8.91. The van der Waals surface area contributed by atoms with E-state index in [9.17, 15) is 0 Å². The number of para-hydroxylation sites is 2.